The molecule has 4 heteroatoms. The van der Waals surface area contributed by atoms with Crippen molar-refractivity contribution in [2.75, 3.05) is 12.8 Å². The summed E-state index contributed by atoms with van der Waals surface area (Å²) >= 11 is 0. The van der Waals surface area contributed by atoms with Crippen molar-refractivity contribution in [1.29, 1.82) is 5.26 Å². The predicted molar refractivity (Wildman–Crippen MR) is 114 cm³/mol. The summed E-state index contributed by atoms with van der Waals surface area (Å²) < 4.78 is 5.24. The van der Waals surface area contributed by atoms with Crippen LogP contribution in [0.1, 0.15) is 37.5 Å². The van der Waals surface area contributed by atoms with E-state index in [2.05, 4.69) is 56.1 Å². The molecular formula is C24H25N3O. The lowest BCUT2D eigenvalue weighted by molar-refractivity contribution is 0.415. The zero-order valence-corrected chi connectivity index (χ0v) is 17.0. The number of methoxy groups -OCH3 is 1. The molecule has 3 rings (SSSR count). The first-order chi connectivity index (χ1) is 13.3. The first kappa shape index (κ1) is 19.4. The summed E-state index contributed by atoms with van der Waals surface area (Å²) in [5.41, 5.74) is 12.3. The Morgan fingerprint density at radius 3 is 2.04 bits per heavy atom. The minimum Gasteiger partial charge on any atom is -0.497 e. The van der Waals surface area contributed by atoms with Gasteiger partial charge in [-0.1, -0.05) is 45.0 Å². The fourth-order valence-corrected chi connectivity index (χ4v) is 3.34. The SMILES string of the molecule is COc1ccc(-c2nc(N)c(C#N)c(-c3ccc(C(C)(C)C)cc3)c2C)cc1. The number of hydrogen-bond acceptors (Lipinski definition) is 4. The molecule has 0 spiro atoms. The van der Waals surface area contributed by atoms with Crippen LogP contribution in [0.4, 0.5) is 5.82 Å². The third-order valence-electron chi connectivity index (χ3n) is 4.98. The van der Waals surface area contributed by atoms with E-state index in [-0.39, 0.29) is 11.2 Å². The van der Waals surface area contributed by atoms with Crippen molar-refractivity contribution < 1.29 is 4.74 Å². The van der Waals surface area contributed by atoms with Gasteiger partial charge in [-0.25, -0.2) is 4.98 Å². The fourth-order valence-electron chi connectivity index (χ4n) is 3.34. The molecule has 0 saturated carbocycles. The van der Waals surface area contributed by atoms with E-state index in [1.54, 1.807) is 7.11 Å². The lowest BCUT2D eigenvalue weighted by Gasteiger charge is -2.20. The average Bonchev–Trinajstić information content (AvgIpc) is 2.68. The van der Waals surface area contributed by atoms with Gasteiger partial charge in [-0.15, -0.1) is 0 Å². The number of rotatable bonds is 3. The number of aromatic nitrogens is 1. The minimum atomic E-state index is 0.0666. The van der Waals surface area contributed by atoms with E-state index in [0.717, 1.165) is 33.7 Å². The van der Waals surface area contributed by atoms with E-state index in [0.29, 0.717) is 5.56 Å². The molecule has 0 aliphatic carbocycles. The van der Waals surface area contributed by atoms with Gasteiger partial charge >= 0.3 is 0 Å². The second-order valence-electron chi connectivity index (χ2n) is 7.89. The Hall–Kier alpha value is -3.32. The highest BCUT2D eigenvalue weighted by molar-refractivity contribution is 5.84. The Labute approximate surface area is 166 Å². The first-order valence-corrected chi connectivity index (χ1v) is 9.21. The number of ether oxygens (including phenoxy) is 1. The molecule has 2 aromatic carbocycles. The highest BCUT2D eigenvalue weighted by Crippen LogP contribution is 2.37. The maximum absolute atomic E-state index is 9.71. The van der Waals surface area contributed by atoms with Gasteiger partial charge in [0.25, 0.3) is 0 Å². The van der Waals surface area contributed by atoms with Gasteiger partial charge in [0.2, 0.25) is 0 Å². The van der Waals surface area contributed by atoms with Crippen molar-refractivity contribution in [1.82, 2.24) is 4.98 Å². The molecule has 2 N–H and O–H groups in total. The Bertz CT molecular complexity index is 1040. The molecule has 0 amide bonds. The van der Waals surface area contributed by atoms with Crippen molar-refractivity contribution in [2.24, 2.45) is 0 Å². The van der Waals surface area contributed by atoms with E-state index >= 15 is 0 Å². The van der Waals surface area contributed by atoms with E-state index in [1.807, 2.05) is 31.2 Å². The lowest BCUT2D eigenvalue weighted by Crippen LogP contribution is -2.10. The summed E-state index contributed by atoms with van der Waals surface area (Å²) in [6.45, 7) is 8.53. The number of benzene rings is 2. The zero-order chi connectivity index (χ0) is 20.5. The fraction of sp³-hybridized carbons (Fsp3) is 0.250. The van der Waals surface area contributed by atoms with Gasteiger partial charge in [0.15, 0.2) is 0 Å². The van der Waals surface area contributed by atoms with Gasteiger partial charge in [0.1, 0.15) is 23.2 Å². The highest BCUT2D eigenvalue weighted by Gasteiger charge is 2.19. The number of nitrogen functional groups attached to an aromatic ring is 1. The van der Waals surface area contributed by atoms with E-state index in [4.69, 9.17) is 10.5 Å². The number of hydrogen-bond donors (Lipinski definition) is 1. The molecule has 0 bridgehead atoms. The van der Waals surface area contributed by atoms with Crippen LogP contribution < -0.4 is 10.5 Å². The summed E-state index contributed by atoms with van der Waals surface area (Å²) in [6, 6.07) is 18.3. The summed E-state index contributed by atoms with van der Waals surface area (Å²) in [7, 11) is 1.64. The van der Waals surface area contributed by atoms with Crippen LogP contribution in [0.2, 0.25) is 0 Å². The molecule has 0 atom stereocenters. The average molecular weight is 371 g/mol. The lowest BCUT2D eigenvalue weighted by atomic mass is 9.85. The van der Waals surface area contributed by atoms with Gasteiger partial charge in [-0.05, 0) is 53.3 Å². The minimum absolute atomic E-state index is 0.0666. The van der Waals surface area contributed by atoms with E-state index < -0.39 is 0 Å². The zero-order valence-electron chi connectivity index (χ0n) is 17.0. The van der Waals surface area contributed by atoms with Gasteiger partial charge in [0, 0.05) is 11.1 Å². The molecule has 142 valence electrons. The third-order valence-corrected chi connectivity index (χ3v) is 4.98. The van der Waals surface area contributed by atoms with Crippen molar-refractivity contribution in [2.45, 2.75) is 33.1 Å². The van der Waals surface area contributed by atoms with Crippen LogP contribution in [0.25, 0.3) is 22.4 Å². The molecule has 28 heavy (non-hydrogen) atoms. The second kappa shape index (κ2) is 7.36. The van der Waals surface area contributed by atoms with Gasteiger partial charge in [0.05, 0.1) is 12.8 Å². The monoisotopic (exact) mass is 371 g/mol. The normalized spacial score (nSPS) is 11.1. The van der Waals surface area contributed by atoms with Crippen LogP contribution in [0, 0.1) is 18.3 Å². The quantitative estimate of drug-likeness (QED) is 0.661. The third kappa shape index (κ3) is 3.57. The van der Waals surface area contributed by atoms with Crippen LogP contribution >= 0.6 is 0 Å². The Balaban J connectivity index is 2.20. The summed E-state index contributed by atoms with van der Waals surface area (Å²) in [5, 5.41) is 9.71. The molecule has 0 aliphatic heterocycles. The number of nitrogens with two attached hydrogens (primary N) is 1. The summed E-state index contributed by atoms with van der Waals surface area (Å²) in [6.07, 6.45) is 0. The van der Waals surface area contributed by atoms with Crippen molar-refractivity contribution in [3.8, 4) is 34.2 Å². The predicted octanol–water partition coefficient (Wildman–Crippen LogP) is 5.48. The largest absolute Gasteiger partial charge is 0.497 e. The summed E-state index contributed by atoms with van der Waals surface area (Å²) in [4.78, 5) is 4.53. The maximum Gasteiger partial charge on any atom is 0.142 e. The number of nitriles is 1. The standard InChI is InChI=1S/C24H25N3O/c1-15-21(16-6-10-18(11-7-16)24(2,3)4)20(14-25)23(26)27-22(15)17-8-12-19(28-5)13-9-17/h6-13H,1-5H3,(H2,26,27). The summed E-state index contributed by atoms with van der Waals surface area (Å²) in [5.74, 6) is 1.02. The van der Waals surface area contributed by atoms with Crippen LogP contribution in [-0.4, -0.2) is 12.1 Å². The van der Waals surface area contributed by atoms with Crippen molar-refractivity contribution in [3.05, 3.63) is 65.2 Å². The van der Waals surface area contributed by atoms with Crippen LogP contribution in [0.5, 0.6) is 5.75 Å². The Kier molecular flexibility index (Phi) is 5.11. The molecule has 0 fully saturated rings. The topological polar surface area (TPSA) is 71.9 Å². The highest BCUT2D eigenvalue weighted by atomic mass is 16.5. The molecule has 1 heterocycles. The van der Waals surface area contributed by atoms with Crippen LogP contribution in [0.3, 0.4) is 0 Å². The molecule has 0 unspecified atom stereocenters. The maximum atomic E-state index is 9.71. The molecule has 3 aromatic rings. The number of pyridine rings is 1. The molecule has 0 radical (unpaired) electrons. The molecule has 1 aromatic heterocycles. The Morgan fingerprint density at radius 2 is 1.54 bits per heavy atom. The molecular weight excluding hydrogens is 346 g/mol. The van der Waals surface area contributed by atoms with Gasteiger partial charge < -0.3 is 10.5 Å². The molecule has 0 aliphatic rings. The second-order valence-corrected chi connectivity index (χ2v) is 7.89. The van der Waals surface area contributed by atoms with Crippen molar-refractivity contribution in [3.63, 3.8) is 0 Å². The molecule has 0 saturated heterocycles. The van der Waals surface area contributed by atoms with Crippen LogP contribution in [-0.2, 0) is 5.41 Å². The van der Waals surface area contributed by atoms with E-state index in [1.165, 1.54) is 5.56 Å². The Morgan fingerprint density at radius 1 is 0.964 bits per heavy atom. The first-order valence-electron chi connectivity index (χ1n) is 9.21. The van der Waals surface area contributed by atoms with E-state index in [9.17, 15) is 5.26 Å². The number of anilines is 1. The van der Waals surface area contributed by atoms with Gasteiger partial charge in [-0.3, -0.25) is 0 Å². The van der Waals surface area contributed by atoms with Crippen molar-refractivity contribution >= 4 is 5.82 Å². The smallest absolute Gasteiger partial charge is 0.142 e. The van der Waals surface area contributed by atoms with Crippen LogP contribution in [0.15, 0.2) is 48.5 Å². The molecule has 4 nitrogen and oxygen atoms in total. The number of nitrogens with zero attached hydrogens (tertiary/aromatic N) is 2. The van der Waals surface area contributed by atoms with Gasteiger partial charge in [-0.2, -0.15) is 5.26 Å².